The maximum Gasteiger partial charge on any atom is 0.224 e. The van der Waals surface area contributed by atoms with Crippen LogP contribution in [0.2, 0.25) is 0 Å². The van der Waals surface area contributed by atoms with Crippen molar-refractivity contribution in [3.05, 3.63) is 150 Å². The Bertz CT molecular complexity index is 5170. The van der Waals surface area contributed by atoms with Crippen LogP contribution in [-0.4, -0.2) is 164 Å². The average Bonchev–Trinajstić information content (AvgIpc) is 1.64. The van der Waals surface area contributed by atoms with E-state index in [4.69, 9.17) is 19.7 Å². The van der Waals surface area contributed by atoms with Crippen molar-refractivity contribution in [1.29, 1.82) is 0 Å². The highest BCUT2D eigenvalue weighted by atomic mass is 19.1. The number of pyridine rings is 1. The Labute approximate surface area is 729 Å². The second kappa shape index (κ2) is 46.8. The molecule has 1 aromatic carbocycles. The summed E-state index contributed by atoms with van der Waals surface area (Å²) in [5, 5.41) is 32.1. The number of carbonyl (C=O) groups excluding carboxylic acids is 4. The Morgan fingerprint density at radius 1 is 0.339 bits per heavy atom. The smallest absolute Gasteiger partial charge is 0.224 e. The SMILES string of the molecule is CC.CC.CC.CC.CC.O=C1CCCn2c1cc1cnc(NC3CCC(NC4CCOCC4)CC3)nc12.O=C1CCCn2c1cc1cnc(NC3CCC(NCc4ccccc4)CC3)nc12.O=C1CCCn2c1cc1cnc(NC3CCC(Nc4ccccn4)CC3)nc12.O=C1CCCn2c1cc1cnc(NC3CCC(Nc4ncc(F)cn4)CC3)nc12. The van der Waals surface area contributed by atoms with Gasteiger partial charge in [-0.15, -0.1) is 0 Å². The molecule has 0 bridgehead atoms. The fourth-order valence-electron chi connectivity index (χ4n) is 18.0. The molecule has 5 aliphatic heterocycles. The van der Waals surface area contributed by atoms with Crippen molar-refractivity contribution in [3.8, 4) is 0 Å². The van der Waals surface area contributed by atoms with Crippen LogP contribution < -0.4 is 42.5 Å². The number of carbonyl (C=O) groups is 4. The third kappa shape index (κ3) is 24.2. The largest absolute Gasteiger partial charge is 0.381 e. The molecule has 11 aromatic rings. The number of aromatic nitrogens is 15. The molecule has 0 amide bonds. The second-order valence-electron chi connectivity index (χ2n) is 32.1. The standard InChI is InChI=1S/C23H27N5O.C21H24N6O.C21H29N5O2.C20H22FN7O.5C2H6/c29-21-7-4-12-28-20(21)13-17-15-25-23(27-22(17)28)26-19-10-8-18(9-11-19)24-14-16-5-2-1-3-6-16;28-18-4-3-11-27-17(18)12-14-13-23-21(26-20(14)27)25-16-8-6-15(7-9-16)24-19-5-1-2-10-22-19;27-19-2-1-9-26-18(19)12-14-13-22-21(25-20(14)26)24-16-5-3-15(4-6-16)23-17-7-10-28-11-8-17;21-13-10-23-19(24-11-13)25-14-3-5-15(6-4-14)26-20-22-9-12-8-16-17(29)2-1-7-28(16)18(12)27-20;5*1-2/h1-3,5-6,13,15,18-19,24H,4,7-12,14H2,(H,25,26,27);1-2,5,10,12-13,15-16H,3-4,6-9,11H2,(H,22,24)(H,23,25,26);12-13,15-17,23H,1-11H2,(H,22,24,25);8-11,14-15H,1-7H2,(H,22,26,27)(H,23,24,25);5*1-2H3. The summed E-state index contributed by atoms with van der Waals surface area (Å²) in [6.07, 6.45) is 37.1. The molecule has 4 aliphatic carbocycles. The number of ketones is 4. The van der Waals surface area contributed by atoms with Crippen molar-refractivity contribution in [1.82, 2.24) is 83.7 Å². The zero-order chi connectivity index (χ0) is 87.3. The maximum atomic E-state index is 12.9. The maximum absolute atomic E-state index is 12.9. The minimum Gasteiger partial charge on any atom is -0.381 e. The fraction of sp³-hybridized carbons (Fsp3) is 0.547. The molecule has 0 atom stereocenters. The Morgan fingerprint density at radius 3 is 0.976 bits per heavy atom. The van der Waals surface area contributed by atoms with E-state index in [0.29, 0.717) is 97.7 Å². The van der Waals surface area contributed by atoms with Gasteiger partial charge in [0.2, 0.25) is 29.7 Å². The highest BCUT2D eigenvalue weighted by Crippen LogP contribution is 2.33. The highest BCUT2D eigenvalue weighted by Gasteiger charge is 2.31. The molecule has 29 heteroatoms. The van der Waals surface area contributed by atoms with Gasteiger partial charge in [0.05, 0.1) is 35.2 Å². The van der Waals surface area contributed by atoms with Crippen LogP contribution >= 0.6 is 0 Å². The lowest BCUT2D eigenvalue weighted by atomic mass is 9.90. The molecule has 124 heavy (non-hydrogen) atoms. The second-order valence-corrected chi connectivity index (χ2v) is 32.1. The van der Waals surface area contributed by atoms with Gasteiger partial charge in [-0.1, -0.05) is 106 Å². The molecular formula is C95H132FN23O5. The number of aryl methyl sites for hydroxylation is 4. The van der Waals surface area contributed by atoms with Crippen LogP contribution in [0.25, 0.3) is 44.1 Å². The van der Waals surface area contributed by atoms with Crippen molar-refractivity contribution in [2.45, 2.75) is 323 Å². The predicted molar refractivity (Wildman–Crippen MR) is 494 cm³/mol. The van der Waals surface area contributed by atoms with Crippen LogP contribution in [-0.2, 0) is 37.5 Å². The molecule has 15 heterocycles. The number of halogens is 1. The molecule has 28 nitrogen and oxygen atoms in total. The average molecular weight is 1700 g/mol. The number of rotatable bonds is 17. The fourth-order valence-corrected chi connectivity index (χ4v) is 18.0. The first kappa shape index (κ1) is 92.4. The highest BCUT2D eigenvalue weighted by molar-refractivity contribution is 6.02. The van der Waals surface area contributed by atoms with Crippen molar-refractivity contribution < 1.29 is 28.3 Å². The van der Waals surface area contributed by atoms with Gasteiger partial charge in [0, 0.05) is 179 Å². The Hall–Kier alpha value is -10.8. The van der Waals surface area contributed by atoms with E-state index in [1.807, 2.05) is 146 Å². The van der Waals surface area contributed by atoms with Crippen molar-refractivity contribution >= 4 is 103 Å². The van der Waals surface area contributed by atoms with Gasteiger partial charge in [-0.05, 0) is 183 Å². The molecule has 4 saturated carbocycles. The Morgan fingerprint density at radius 2 is 0.637 bits per heavy atom. The summed E-state index contributed by atoms with van der Waals surface area (Å²) in [5.41, 5.74) is 7.87. The number of fused-ring (bicyclic) bond motifs is 12. The molecule has 0 unspecified atom stereocenters. The van der Waals surface area contributed by atoms with Gasteiger partial charge in [0.1, 0.15) is 28.4 Å². The van der Waals surface area contributed by atoms with E-state index in [1.54, 1.807) is 6.20 Å². The summed E-state index contributed by atoms with van der Waals surface area (Å²) in [5.74, 6) is 4.42. The van der Waals surface area contributed by atoms with Crippen LogP contribution in [0.1, 0.15) is 284 Å². The quantitative estimate of drug-likeness (QED) is 0.0420. The number of Topliss-reactive ketones (excluding diaryl/α,β-unsaturated/α-hetero) is 4. The normalized spacial score (nSPS) is 21.4. The summed E-state index contributed by atoms with van der Waals surface area (Å²) >= 11 is 0. The van der Waals surface area contributed by atoms with Crippen molar-refractivity contribution in [3.63, 3.8) is 0 Å². The van der Waals surface area contributed by atoms with Crippen LogP contribution in [0.4, 0.5) is 39.9 Å². The van der Waals surface area contributed by atoms with Crippen molar-refractivity contribution in [2.75, 3.05) is 45.1 Å². The molecule has 664 valence electrons. The van der Waals surface area contributed by atoms with E-state index in [-0.39, 0.29) is 35.2 Å². The van der Waals surface area contributed by atoms with Gasteiger partial charge in [-0.2, -0.15) is 19.9 Å². The van der Waals surface area contributed by atoms with Gasteiger partial charge >= 0.3 is 0 Å². The zero-order valence-corrected chi connectivity index (χ0v) is 74.6. The summed E-state index contributed by atoms with van der Waals surface area (Å²) in [7, 11) is 0. The lowest BCUT2D eigenvalue weighted by Crippen LogP contribution is -2.44. The van der Waals surface area contributed by atoms with Crippen LogP contribution in [0, 0.1) is 5.82 Å². The van der Waals surface area contributed by atoms with E-state index in [0.717, 1.165) is 247 Å². The first-order valence-corrected chi connectivity index (χ1v) is 46.6. The molecule has 5 fully saturated rings. The molecule has 20 rings (SSSR count). The number of anilines is 6. The molecular weight excluding hydrogens is 1560 g/mol. The van der Waals surface area contributed by atoms with Gasteiger partial charge in [-0.3, -0.25) is 19.2 Å². The summed E-state index contributed by atoms with van der Waals surface area (Å²) < 4.78 is 26.5. The monoisotopic (exact) mass is 1690 g/mol. The Kier molecular flexibility index (Phi) is 34.9. The minimum atomic E-state index is -0.436. The summed E-state index contributed by atoms with van der Waals surface area (Å²) in [4.78, 5) is 97.6. The molecule has 8 N–H and O–H groups in total. The lowest BCUT2D eigenvalue weighted by molar-refractivity contribution is 0.0730. The van der Waals surface area contributed by atoms with Crippen LogP contribution in [0.3, 0.4) is 0 Å². The van der Waals surface area contributed by atoms with E-state index >= 15 is 0 Å². The first-order chi connectivity index (χ1) is 60.9. The topological polar surface area (TPSA) is 335 Å². The van der Waals surface area contributed by atoms with E-state index in [2.05, 4.69) is 122 Å². The number of ether oxygens (including phenoxy) is 1. The Balaban J connectivity index is 0.000000146. The van der Waals surface area contributed by atoms with Gasteiger partial charge in [-0.25, -0.2) is 39.3 Å². The number of nitrogens with one attached hydrogen (secondary N) is 8. The molecule has 9 aliphatic rings. The number of hydrogen-bond acceptors (Lipinski definition) is 24. The number of hydrogen-bond donors (Lipinski definition) is 8. The van der Waals surface area contributed by atoms with Gasteiger partial charge < -0.3 is 65.5 Å². The summed E-state index contributed by atoms with van der Waals surface area (Å²) in [6, 6.07) is 28.2. The number of nitrogens with zero attached hydrogens (tertiary/aromatic N) is 15. The van der Waals surface area contributed by atoms with Gasteiger partial charge in [0.25, 0.3) is 0 Å². The molecule has 1 saturated heterocycles. The molecule has 10 aromatic heterocycles. The van der Waals surface area contributed by atoms with E-state index in [1.165, 1.54) is 30.8 Å². The molecule has 0 spiro atoms. The van der Waals surface area contributed by atoms with Crippen molar-refractivity contribution in [2.24, 2.45) is 0 Å². The number of benzene rings is 1. The third-order valence-electron chi connectivity index (χ3n) is 24.2. The van der Waals surface area contributed by atoms with Crippen LogP contribution in [0.5, 0.6) is 0 Å². The van der Waals surface area contributed by atoms with Gasteiger partial charge in [0.15, 0.2) is 29.0 Å². The van der Waals surface area contributed by atoms with Crippen LogP contribution in [0.15, 0.2) is 116 Å². The third-order valence-corrected chi connectivity index (χ3v) is 24.2. The van der Waals surface area contributed by atoms with E-state index in [9.17, 15) is 23.6 Å². The zero-order valence-electron chi connectivity index (χ0n) is 74.6. The van der Waals surface area contributed by atoms with E-state index < -0.39 is 5.82 Å². The molecule has 0 radical (unpaired) electrons. The minimum absolute atomic E-state index is 0.180. The first-order valence-electron chi connectivity index (χ1n) is 46.6. The lowest BCUT2D eigenvalue weighted by Gasteiger charge is -2.33. The summed E-state index contributed by atoms with van der Waals surface area (Å²) in [6.45, 7) is 26.1. The predicted octanol–water partition coefficient (Wildman–Crippen LogP) is 18.8.